The van der Waals surface area contributed by atoms with Crippen LogP contribution in [0, 0.1) is 0 Å². The zero-order chi connectivity index (χ0) is 13.2. The summed E-state index contributed by atoms with van der Waals surface area (Å²) in [5.74, 6) is -0.394. The number of amides is 1. The number of hydrogen-bond donors (Lipinski definition) is 1. The van der Waals surface area contributed by atoms with E-state index in [1.807, 2.05) is 60.7 Å². The van der Waals surface area contributed by atoms with Crippen molar-refractivity contribution in [2.75, 3.05) is 0 Å². The lowest BCUT2D eigenvalue weighted by Gasteiger charge is -2.08. The van der Waals surface area contributed by atoms with E-state index in [1.54, 1.807) is 0 Å². The Morgan fingerprint density at radius 2 is 1.47 bits per heavy atom. The van der Waals surface area contributed by atoms with Gasteiger partial charge in [0.25, 0.3) is 0 Å². The highest BCUT2D eigenvalue weighted by atomic mass is 16.1. The smallest absolute Gasteiger partial charge is 0.249 e. The first-order valence-electron chi connectivity index (χ1n) is 6.14. The van der Waals surface area contributed by atoms with Crippen molar-refractivity contribution in [3.8, 4) is 11.1 Å². The summed E-state index contributed by atoms with van der Waals surface area (Å²) in [5, 5.41) is 1.92. The van der Waals surface area contributed by atoms with Gasteiger partial charge in [-0.25, -0.2) is 0 Å². The zero-order valence-corrected chi connectivity index (χ0v) is 10.3. The van der Waals surface area contributed by atoms with E-state index in [0.29, 0.717) is 5.56 Å². The van der Waals surface area contributed by atoms with Gasteiger partial charge in [0.2, 0.25) is 5.91 Å². The fourth-order valence-corrected chi connectivity index (χ4v) is 2.31. The summed E-state index contributed by atoms with van der Waals surface area (Å²) in [6.07, 6.45) is 0. The minimum atomic E-state index is -0.394. The van der Waals surface area contributed by atoms with Crippen molar-refractivity contribution in [2.24, 2.45) is 5.73 Å². The summed E-state index contributed by atoms with van der Waals surface area (Å²) in [4.78, 5) is 11.6. The van der Waals surface area contributed by atoms with Gasteiger partial charge in [-0.1, -0.05) is 54.6 Å². The second-order valence-electron chi connectivity index (χ2n) is 4.48. The number of rotatable bonds is 2. The lowest BCUT2D eigenvalue weighted by atomic mass is 9.96. The Morgan fingerprint density at radius 1 is 0.789 bits per heavy atom. The second kappa shape index (κ2) is 4.58. The molecule has 0 unspecified atom stereocenters. The molecule has 0 spiro atoms. The van der Waals surface area contributed by atoms with E-state index in [4.69, 9.17) is 5.73 Å². The number of benzene rings is 3. The van der Waals surface area contributed by atoms with Gasteiger partial charge in [0, 0.05) is 5.56 Å². The van der Waals surface area contributed by atoms with Crippen LogP contribution in [0.25, 0.3) is 21.9 Å². The standard InChI is InChI=1S/C17H13NO/c18-17(19)16-11-14(12-6-2-1-3-7-12)10-13-8-4-5-9-15(13)16/h1-11H,(H2,18,19). The van der Waals surface area contributed by atoms with Crippen molar-refractivity contribution in [2.45, 2.75) is 0 Å². The van der Waals surface area contributed by atoms with E-state index in [1.165, 1.54) is 0 Å². The fourth-order valence-electron chi connectivity index (χ4n) is 2.31. The van der Waals surface area contributed by atoms with Gasteiger partial charge < -0.3 is 5.73 Å². The number of carbonyl (C=O) groups excluding carboxylic acids is 1. The van der Waals surface area contributed by atoms with Gasteiger partial charge in [0.05, 0.1) is 0 Å². The van der Waals surface area contributed by atoms with E-state index >= 15 is 0 Å². The maximum Gasteiger partial charge on any atom is 0.249 e. The number of primary amides is 1. The molecule has 0 atom stereocenters. The summed E-state index contributed by atoms with van der Waals surface area (Å²) in [6.45, 7) is 0. The van der Waals surface area contributed by atoms with Crippen molar-refractivity contribution in [1.29, 1.82) is 0 Å². The van der Waals surface area contributed by atoms with E-state index < -0.39 is 5.91 Å². The quantitative estimate of drug-likeness (QED) is 0.738. The van der Waals surface area contributed by atoms with Crippen molar-refractivity contribution in [3.63, 3.8) is 0 Å². The van der Waals surface area contributed by atoms with Crippen LogP contribution in [0.2, 0.25) is 0 Å². The highest BCUT2D eigenvalue weighted by molar-refractivity contribution is 6.08. The van der Waals surface area contributed by atoms with Crippen LogP contribution in [0.5, 0.6) is 0 Å². The van der Waals surface area contributed by atoms with E-state index in [2.05, 4.69) is 6.07 Å². The summed E-state index contributed by atoms with van der Waals surface area (Å²) >= 11 is 0. The van der Waals surface area contributed by atoms with Crippen LogP contribution in [0.15, 0.2) is 66.7 Å². The van der Waals surface area contributed by atoms with Gasteiger partial charge in [0.1, 0.15) is 0 Å². The van der Waals surface area contributed by atoms with Gasteiger partial charge >= 0.3 is 0 Å². The van der Waals surface area contributed by atoms with Crippen LogP contribution in [0.1, 0.15) is 10.4 Å². The molecule has 3 aromatic carbocycles. The average molecular weight is 247 g/mol. The van der Waals surface area contributed by atoms with Gasteiger partial charge in [-0.05, 0) is 34.0 Å². The lowest BCUT2D eigenvalue weighted by Crippen LogP contribution is -2.11. The van der Waals surface area contributed by atoms with Crippen LogP contribution in [0.4, 0.5) is 0 Å². The van der Waals surface area contributed by atoms with Crippen LogP contribution in [-0.2, 0) is 0 Å². The number of fused-ring (bicyclic) bond motifs is 1. The van der Waals surface area contributed by atoms with Crippen molar-refractivity contribution in [1.82, 2.24) is 0 Å². The molecular weight excluding hydrogens is 234 g/mol. The molecule has 0 fully saturated rings. The topological polar surface area (TPSA) is 43.1 Å². The van der Waals surface area contributed by atoms with Gasteiger partial charge in [-0.3, -0.25) is 4.79 Å². The largest absolute Gasteiger partial charge is 0.366 e. The average Bonchev–Trinajstić information content (AvgIpc) is 2.47. The minimum absolute atomic E-state index is 0.394. The number of nitrogens with two attached hydrogens (primary N) is 1. The maximum absolute atomic E-state index is 11.6. The molecule has 2 nitrogen and oxygen atoms in total. The monoisotopic (exact) mass is 247 g/mol. The predicted molar refractivity (Wildman–Crippen MR) is 77.9 cm³/mol. The first-order valence-corrected chi connectivity index (χ1v) is 6.14. The lowest BCUT2D eigenvalue weighted by molar-refractivity contribution is 0.100. The molecule has 0 aliphatic carbocycles. The highest BCUT2D eigenvalue weighted by Crippen LogP contribution is 2.27. The van der Waals surface area contributed by atoms with Crippen molar-refractivity contribution in [3.05, 3.63) is 72.3 Å². The van der Waals surface area contributed by atoms with Crippen LogP contribution in [-0.4, -0.2) is 5.91 Å². The van der Waals surface area contributed by atoms with Gasteiger partial charge in [0.15, 0.2) is 0 Å². The van der Waals surface area contributed by atoms with Gasteiger partial charge in [-0.2, -0.15) is 0 Å². The summed E-state index contributed by atoms with van der Waals surface area (Å²) in [5.41, 5.74) is 8.14. The SMILES string of the molecule is NC(=O)c1cc(-c2ccccc2)cc2ccccc12. The Kier molecular flexibility index (Phi) is 2.76. The molecule has 0 saturated heterocycles. The molecular formula is C17H13NO. The Bertz CT molecular complexity index is 748. The summed E-state index contributed by atoms with van der Waals surface area (Å²) < 4.78 is 0. The third-order valence-electron chi connectivity index (χ3n) is 3.23. The number of carbonyl (C=O) groups is 1. The molecule has 3 rings (SSSR count). The first-order chi connectivity index (χ1) is 9.25. The molecule has 0 bridgehead atoms. The van der Waals surface area contributed by atoms with Crippen LogP contribution < -0.4 is 5.73 Å². The van der Waals surface area contributed by atoms with Gasteiger partial charge in [-0.15, -0.1) is 0 Å². The van der Waals surface area contributed by atoms with Crippen molar-refractivity contribution < 1.29 is 4.79 Å². The molecule has 0 heterocycles. The Morgan fingerprint density at radius 3 is 2.21 bits per heavy atom. The molecule has 0 aromatic heterocycles. The van der Waals surface area contributed by atoms with Crippen LogP contribution >= 0.6 is 0 Å². The van der Waals surface area contributed by atoms with E-state index in [-0.39, 0.29) is 0 Å². The third-order valence-corrected chi connectivity index (χ3v) is 3.23. The fraction of sp³-hybridized carbons (Fsp3) is 0. The summed E-state index contributed by atoms with van der Waals surface area (Å²) in [7, 11) is 0. The molecule has 2 heteroatoms. The van der Waals surface area contributed by atoms with Crippen LogP contribution in [0.3, 0.4) is 0 Å². The van der Waals surface area contributed by atoms with E-state index in [0.717, 1.165) is 21.9 Å². The summed E-state index contributed by atoms with van der Waals surface area (Å²) in [6, 6.07) is 21.7. The maximum atomic E-state index is 11.6. The molecule has 19 heavy (non-hydrogen) atoms. The Hall–Kier alpha value is -2.61. The normalized spacial score (nSPS) is 10.5. The molecule has 92 valence electrons. The van der Waals surface area contributed by atoms with E-state index in [9.17, 15) is 4.79 Å². The third kappa shape index (κ3) is 2.08. The predicted octanol–water partition coefficient (Wildman–Crippen LogP) is 3.61. The number of hydrogen-bond acceptors (Lipinski definition) is 1. The Balaban J connectivity index is 2.31. The molecule has 0 aliphatic rings. The molecule has 3 aromatic rings. The molecule has 0 aliphatic heterocycles. The first kappa shape index (κ1) is 11.5. The minimum Gasteiger partial charge on any atom is -0.366 e. The second-order valence-corrected chi connectivity index (χ2v) is 4.48. The molecule has 0 radical (unpaired) electrons. The van der Waals surface area contributed by atoms with Crippen molar-refractivity contribution >= 4 is 16.7 Å². The highest BCUT2D eigenvalue weighted by Gasteiger charge is 2.09. The molecule has 2 N–H and O–H groups in total. The zero-order valence-electron chi connectivity index (χ0n) is 10.3. The Labute approximate surface area is 111 Å². The molecule has 1 amide bonds. The molecule has 0 saturated carbocycles.